The summed E-state index contributed by atoms with van der Waals surface area (Å²) in [6, 6.07) is 0. The number of unbranched alkanes of at least 4 members (excludes halogenated alkanes) is 6. The van der Waals surface area contributed by atoms with E-state index < -0.39 is 0 Å². The van der Waals surface area contributed by atoms with Crippen molar-refractivity contribution in [1.29, 1.82) is 0 Å². The molecule has 0 aromatic heterocycles. The molecule has 0 aromatic carbocycles. The van der Waals surface area contributed by atoms with Crippen molar-refractivity contribution in [3.63, 3.8) is 0 Å². The Balaban J connectivity index is 1.51. The lowest BCUT2D eigenvalue weighted by Crippen LogP contribution is -2.31. The number of amides is 1. The third-order valence-electron chi connectivity index (χ3n) is 4.74. The van der Waals surface area contributed by atoms with Crippen molar-refractivity contribution in [3.8, 4) is 0 Å². The molecule has 3 heteroatoms. The lowest BCUT2D eigenvalue weighted by atomic mass is 10.0. The third-order valence-corrected chi connectivity index (χ3v) is 4.74. The molecule has 0 bridgehead atoms. The molecule has 2 saturated heterocycles. The number of nitrogens with zero attached hydrogens (tertiary/aromatic N) is 1. The van der Waals surface area contributed by atoms with Crippen LogP contribution < -0.4 is 5.32 Å². The Morgan fingerprint density at radius 1 is 1.00 bits per heavy atom. The van der Waals surface area contributed by atoms with Crippen LogP contribution in [0.1, 0.15) is 58.3 Å². The number of fused-ring (bicyclic) bond motifs is 1. The minimum atomic E-state index is 0.406. The molecule has 110 valence electrons. The predicted molar refractivity (Wildman–Crippen MR) is 79.0 cm³/mol. The summed E-state index contributed by atoms with van der Waals surface area (Å²) in [6.45, 7) is 6.50. The Morgan fingerprint density at radius 2 is 1.58 bits per heavy atom. The average molecular weight is 266 g/mol. The molecule has 2 heterocycles. The molecule has 2 fully saturated rings. The highest BCUT2D eigenvalue weighted by atomic mass is 16.2. The van der Waals surface area contributed by atoms with E-state index in [9.17, 15) is 4.79 Å². The fraction of sp³-hybridized carbons (Fsp3) is 0.938. The smallest absolute Gasteiger partial charge is 0.222 e. The molecule has 2 aliphatic rings. The van der Waals surface area contributed by atoms with Gasteiger partial charge in [-0.3, -0.25) is 4.79 Å². The molecule has 2 aliphatic heterocycles. The maximum atomic E-state index is 12.1. The number of rotatable bonds is 8. The quantitative estimate of drug-likeness (QED) is 0.685. The van der Waals surface area contributed by atoms with Crippen LogP contribution >= 0.6 is 0 Å². The molecule has 0 spiro atoms. The molecule has 0 radical (unpaired) electrons. The van der Waals surface area contributed by atoms with Gasteiger partial charge in [0, 0.05) is 32.6 Å². The predicted octanol–water partition coefficient (Wildman–Crippen LogP) is 2.80. The molecule has 19 heavy (non-hydrogen) atoms. The van der Waals surface area contributed by atoms with Crippen molar-refractivity contribution in [3.05, 3.63) is 0 Å². The monoisotopic (exact) mass is 266 g/mol. The summed E-state index contributed by atoms with van der Waals surface area (Å²) in [4.78, 5) is 14.2. The van der Waals surface area contributed by atoms with Gasteiger partial charge in [-0.25, -0.2) is 0 Å². The Bertz CT molecular complexity index is 268. The summed E-state index contributed by atoms with van der Waals surface area (Å²) in [5, 5.41) is 3.42. The van der Waals surface area contributed by atoms with E-state index in [1.165, 1.54) is 38.5 Å². The molecular weight excluding hydrogens is 236 g/mol. The zero-order valence-electron chi connectivity index (χ0n) is 12.5. The van der Waals surface area contributed by atoms with Crippen LogP contribution in [0.15, 0.2) is 0 Å². The summed E-state index contributed by atoms with van der Waals surface area (Å²) in [6.07, 6.45) is 9.80. The molecular formula is C16H30N2O. The van der Waals surface area contributed by atoms with Gasteiger partial charge in [0.1, 0.15) is 0 Å². The van der Waals surface area contributed by atoms with Crippen LogP contribution in [-0.2, 0) is 4.79 Å². The minimum absolute atomic E-state index is 0.406. The largest absolute Gasteiger partial charge is 0.342 e. The fourth-order valence-corrected chi connectivity index (χ4v) is 3.45. The Kier molecular flexibility index (Phi) is 6.15. The van der Waals surface area contributed by atoms with Crippen LogP contribution in [0.4, 0.5) is 0 Å². The number of nitrogens with one attached hydrogen (secondary N) is 1. The van der Waals surface area contributed by atoms with Crippen molar-refractivity contribution in [2.75, 3.05) is 26.2 Å². The maximum Gasteiger partial charge on any atom is 0.222 e. The van der Waals surface area contributed by atoms with Gasteiger partial charge in [-0.15, -0.1) is 0 Å². The van der Waals surface area contributed by atoms with Crippen LogP contribution in [0.5, 0.6) is 0 Å². The maximum absolute atomic E-state index is 12.1. The first-order chi connectivity index (χ1) is 9.31. The number of hydrogen-bond donors (Lipinski definition) is 1. The SMILES string of the molecule is CCCCCCCCCC(=O)N1CC2CNCC2C1. The summed E-state index contributed by atoms with van der Waals surface area (Å²) < 4.78 is 0. The first-order valence-corrected chi connectivity index (χ1v) is 8.29. The minimum Gasteiger partial charge on any atom is -0.342 e. The van der Waals surface area contributed by atoms with E-state index in [1.807, 2.05) is 0 Å². The summed E-state index contributed by atoms with van der Waals surface area (Å²) >= 11 is 0. The number of carbonyl (C=O) groups excluding carboxylic acids is 1. The van der Waals surface area contributed by atoms with Crippen LogP contribution in [0, 0.1) is 11.8 Å². The number of hydrogen-bond acceptors (Lipinski definition) is 2. The van der Waals surface area contributed by atoms with E-state index in [1.54, 1.807) is 0 Å². The second-order valence-corrected chi connectivity index (χ2v) is 6.35. The van der Waals surface area contributed by atoms with E-state index >= 15 is 0 Å². The highest BCUT2D eigenvalue weighted by Gasteiger charge is 2.37. The second-order valence-electron chi connectivity index (χ2n) is 6.35. The molecule has 0 aliphatic carbocycles. The van der Waals surface area contributed by atoms with Gasteiger partial charge in [0.25, 0.3) is 0 Å². The molecule has 2 atom stereocenters. The Labute approximate surface area is 118 Å². The van der Waals surface area contributed by atoms with E-state index in [-0.39, 0.29) is 0 Å². The summed E-state index contributed by atoms with van der Waals surface area (Å²) in [5.41, 5.74) is 0. The first-order valence-electron chi connectivity index (χ1n) is 8.29. The van der Waals surface area contributed by atoms with Crippen molar-refractivity contribution in [2.45, 2.75) is 58.3 Å². The standard InChI is InChI=1S/C16H30N2O/c1-2-3-4-5-6-7-8-9-16(19)18-12-14-10-17-11-15(14)13-18/h14-15,17H,2-13H2,1H3. The van der Waals surface area contributed by atoms with Gasteiger partial charge in [0.2, 0.25) is 5.91 Å². The van der Waals surface area contributed by atoms with Crippen molar-refractivity contribution in [2.24, 2.45) is 11.8 Å². The van der Waals surface area contributed by atoms with Gasteiger partial charge < -0.3 is 10.2 Å². The highest BCUT2D eigenvalue weighted by Crippen LogP contribution is 2.26. The van der Waals surface area contributed by atoms with Crippen molar-refractivity contribution >= 4 is 5.91 Å². The highest BCUT2D eigenvalue weighted by molar-refractivity contribution is 5.76. The van der Waals surface area contributed by atoms with Gasteiger partial charge in [-0.1, -0.05) is 45.4 Å². The Hall–Kier alpha value is -0.570. The lowest BCUT2D eigenvalue weighted by Gasteiger charge is -2.17. The molecule has 0 aromatic rings. The molecule has 3 nitrogen and oxygen atoms in total. The van der Waals surface area contributed by atoms with Gasteiger partial charge in [0.15, 0.2) is 0 Å². The van der Waals surface area contributed by atoms with Crippen LogP contribution in [0.3, 0.4) is 0 Å². The van der Waals surface area contributed by atoms with Gasteiger partial charge in [-0.05, 0) is 18.3 Å². The van der Waals surface area contributed by atoms with E-state index in [0.717, 1.165) is 50.9 Å². The Morgan fingerprint density at radius 3 is 2.21 bits per heavy atom. The zero-order valence-corrected chi connectivity index (χ0v) is 12.5. The lowest BCUT2D eigenvalue weighted by molar-refractivity contribution is -0.130. The van der Waals surface area contributed by atoms with Crippen molar-refractivity contribution in [1.82, 2.24) is 10.2 Å². The molecule has 1 amide bonds. The molecule has 2 rings (SSSR count). The van der Waals surface area contributed by atoms with Crippen molar-refractivity contribution < 1.29 is 4.79 Å². The zero-order chi connectivity index (χ0) is 13.5. The molecule has 0 saturated carbocycles. The normalized spacial score (nSPS) is 25.8. The number of carbonyl (C=O) groups is 1. The van der Waals surface area contributed by atoms with Gasteiger partial charge >= 0.3 is 0 Å². The summed E-state index contributed by atoms with van der Waals surface area (Å²) in [5.74, 6) is 1.87. The summed E-state index contributed by atoms with van der Waals surface area (Å²) in [7, 11) is 0. The molecule has 1 N–H and O–H groups in total. The number of likely N-dealkylation sites (tertiary alicyclic amines) is 1. The average Bonchev–Trinajstić information content (AvgIpc) is 2.98. The van der Waals surface area contributed by atoms with Crippen LogP contribution in [-0.4, -0.2) is 37.0 Å². The third kappa shape index (κ3) is 4.48. The van der Waals surface area contributed by atoms with Gasteiger partial charge in [-0.2, -0.15) is 0 Å². The van der Waals surface area contributed by atoms with E-state index in [0.29, 0.717) is 5.91 Å². The van der Waals surface area contributed by atoms with Crippen LogP contribution in [0.2, 0.25) is 0 Å². The topological polar surface area (TPSA) is 32.3 Å². The van der Waals surface area contributed by atoms with E-state index in [4.69, 9.17) is 0 Å². The fourth-order valence-electron chi connectivity index (χ4n) is 3.45. The van der Waals surface area contributed by atoms with Crippen LogP contribution in [0.25, 0.3) is 0 Å². The van der Waals surface area contributed by atoms with E-state index in [2.05, 4.69) is 17.1 Å². The molecule has 2 unspecified atom stereocenters. The second kappa shape index (κ2) is 7.88. The first kappa shape index (κ1) is 14.8. The van der Waals surface area contributed by atoms with Gasteiger partial charge in [0.05, 0.1) is 0 Å².